The number of amides is 2. The first-order chi connectivity index (χ1) is 10.3. The number of nitrogens with one attached hydrogen (secondary N) is 2. The largest absolute Gasteiger partial charge is 0.396 e. The molecule has 2 amide bonds. The van der Waals surface area contributed by atoms with Crippen LogP contribution in [0.5, 0.6) is 0 Å². The molecule has 0 saturated heterocycles. The van der Waals surface area contributed by atoms with E-state index in [1.807, 2.05) is 6.92 Å². The van der Waals surface area contributed by atoms with Crippen LogP contribution in [0.4, 0.5) is 10.5 Å². The molecule has 0 aliphatic heterocycles. The third-order valence-corrected chi connectivity index (χ3v) is 3.51. The summed E-state index contributed by atoms with van der Waals surface area (Å²) in [6.07, 6.45) is 0.625. The van der Waals surface area contributed by atoms with Gasteiger partial charge in [-0.3, -0.25) is 10.1 Å². The summed E-state index contributed by atoms with van der Waals surface area (Å²) in [5.74, 6) is 0.187. The number of aliphatic hydroxyl groups is 1. The van der Waals surface area contributed by atoms with E-state index in [2.05, 4.69) is 10.6 Å². The highest BCUT2D eigenvalue weighted by molar-refractivity contribution is 5.74. The Morgan fingerprint density at radius 2 is 2.09 bits per heavy atom. The molecule has 0 spiro atoms. The van der Waals surface area contributed by atoms with Gasteiger partial charge in [0.25, 0.3) is 5.69 Å². The van der Waals surface area contributed by atoms with Crippen LogP contribution in [-0.4, -0.2) is 29.2 Å². The Morgan fingerprint density at radius 3 is 2.68 bits per heavy atom. The lowest BCUT2D eigenvalue weighted by atomic mass is 10.0. The second-order valence-electron chi connectivity index (χ2n) is 5.50. The van der Waals surface area contributed by atoms with Crippen LogP contribution in [-0.2, 0) is 0 Å². The molecule has 0 heterocycles. The minimum absolute atomic E-state index is 0.0446. The normalized spacial score (nSPS) is 13.3. The van der Waals surface area contributed by atoms with E-state index in [1.54, 1.807) is 26.0 Å². The molecule has 3 N–H and O–H groups in total. The summed E-state index contributed by atoms with van der Waals surface area (Å²) in [7, 11) is 0. The molecular formula is C15H23N3O4. The van der Waals surface area contributed by atoms with Gasteiger partial charge < -0.3 is 15.7 Å². The first-order valence-electron chi connectivity index (χ1n) is 7.25. The monoisotopic (exact) mass is 309 g/mol. The van der Waals surface area contributed by atoms with Gasteiger partial charge in [-0.1, -0.05) is 19.1 Å². The lowest BCUT2D eigenvalue weighted by Crippen LogP contribution is -2.39. The molecule has 0 saturated carbocycles. The minimum Gasteiger partial charge on any atom is -0.396 e. The highest BCUT2D eigenvalue weighted by Gasteiger charge is 2.16. The average molecular weight is 309 g/mol. The zero-order valence-electron chi connectivity index (χ0n) is 13.1. The summed E-state index contributed by atoms with van der Waals surface area (Å²) in [5, 5.41) is 25.2. The number of nitro groups is 1. The molecule has 1 aromatic rings. The second kappa shape index (κ2) is 8.33. The van der Waals surface area contributed by atoms with E-state index in [0.717, 1.165) is 0 Å². The number of hydrogen-bond donors (Lipinski definition) is 3. The van der Waals surface area contributed by atoms with Crippen LogP contribution in [0.2, 0.25) is 0 Å². The Morgan fingerprint density at radius 1 is 1.41 bits per heavy atom. The fraction of sp³-hybridized carbons (Fsp3) is 0.533. The molecule has 2 unspecified atom stereocenters. The van der Waals surface area contributed by atoms with Gasteiger partial charge in [0.15, 0.2) is 0 Å². The molecule has 1 rings (SSSR count). The summed E-state index contributed by atoms with van der Waals surface area (Å²) < 4.78 is 0. The zero-order chi connectivity index (χ0) is 16.7. The maximum absolute atomic E-state index is 11.8. The minimum atomic E-state index is -0.428. The number of carbonyl (C=O) groups excluding carboxylic acids is 1. The fourth-order valence-electron chi connectivity index (χ4n) is 2.01. The predicted molar refractivity (Wildman–Crippen MR) is 83.6 cm³/mol. The number of benzene rings is 1. The molecule has 2 atom stereocenters. The van der Waals surface area contributed by atoms with Crippen molar-refractivity contribution in [2.75, 3.05) is 13.2 Å². The fourth-order valence-corrected chi connectivity index (χ4v) is 2.01. The van der Waals surface area contributed by atoms with Crippen molar-refractivity contribution in [1.82, 2.24) is 10.6 Å². The number of urea groups is 1. The molecule has 0 aliphatic carbocycles. The van der Waals surface area contributed by atoms with E-state index in [1.165, 1.54) is 6.07 Å². The van der Waals surface area contributed by atoms with Crippen molar-refractivity contribution in [3.8, 4) is 0 Å². The van der Waals surface area contributed by atoms with Gasteiger partial charge in [-0.05, 0) is 31.7 Å². The highest BCUT2D eigenvalue weighted by Crippen LogP contribution is 2.23. The molecule has 1 aromatic carbocycles. The molecule has 122 valence electrons. The number of carbonyl (C=O) groups is 1. The molecule has 0 aromatic heterocycles. The first kappa shape index (κ1) is 17.9. The van der Waals surface area contributed by atoms with Crippen LogP contribution in [0.1, 0.15) is 37.4 Å². The van der Waals surface area contributed by atoms with Crippen LogP contribution < -0.4 is 10.6 Å². The lowest BCUT2D eigenvalue weighted by molar-refractivity contribution is -0.385. The summed E-state index contributed by atoms with van der Waals surface area (Å²) in [6, 6.07) is 4.25. The summed E-state index contributed by atoms with van der Waals surface area (Å²) in [4.78, 5) is 22.3. The SMILES string of the molecule is Cc1ccc(C(C)NC(=O)NCC(C)CCO)cc1[N+](=O)[O-]. The van der Waals surface area contributed by atoms with Crippen molar-refractivity contribution in [2.24, 2.45) is 5.92 Å². The van der Waals surface area contributed by atoms with Crippen molar-refractivity contribution in [2.45, 2.75) is 33.2 Å². The van der Waals surface area contributed by atoms with Gasteiger partial charge in [0.2, 0.25) is 0 Å². The molecular weight excluding hydrogens is 286 g/mol. The maximum atomic E-state index is 11.8. The number of nitrogens with zero attached hydrogens (tertiary/aromatic N) is 1. The molecule has 22 heavy (non-hydrogen) atoms. The maximum Gasteiger partial charge on any atom is 0.315 e. The molecule has 7 heteroatoms. The van der Waals surface area contributed by atoms with Crippen molar-refractivity contribution < 1.29 is 14.8 Å². The van der Waals surface area contributed by atoms with Gasteiger partial charge in [-0.15, -0.1) is 0 Å². The summed E-state index contributed by atoms with van der Waals surface area (Å²) in [5.41, 5.74) is 1.31. The van der Waals surface area contributed by atoms with E-state index >= 15 is 0 Å². The van der Waals surface area contributed by atoms with Crippen LogP contribution in [0, 0.1) is 23.0 Å². The van der Waals surface area contributed by atoms with Crippen LogP contribution >= 0.6 is 0 Å². The van der Waals surface area contributed by atoms with Gasteiger partial charge in [0, 0.05) is 24.8 Å². The number of rotatable bonds is 7. The highest BCUT2D eigenvalue weighted by atomic mass is 16.6. The molecule has 7 nitrogen and oxygen atoms in total. The standard InChI is InChI=1S/C15H23N3O4/c1-10(6-7-19)9-16-15(20)17-12(3)13-5-4-11(2)14(8-13)18(21)22/h4-5,8,10,12,19H,6-7,9H2,1-3H3,(H2,16,17,20). The Balaban J connectivity index is 2.61. The van der Waals surface area contributed by atoms with Gasteiger partial charge >= 0.3 is 6.03 Å². The number of aryl methyl sites for hydroxylation is 1. The van der Waals surface area contributed by atoms with E-state index in [4.69, 9.17) is 5.11 Å². The number of nitro benzene ring substituents is 1. The Bertz CT molecular complexity index is 534. The van der Waals surface area contributed by atoms with E-state index in [9.17, 15) is 14.9 Å². The Hall–Kier alpha value is -2.15. The Kier molecular flexibility index (Phi) is 6.78. The van der Waals surface area contributed by atoms with E-state index in [-0.39, 0.29) is 30.3 Å². The molecule has 0 bridgehead atoms. The quantitative estimate of drug-likeness (QED) is 0.531. The molecule has 0 fully saturated rings. The van der Waals surface area contributed by atoms with Crippen LogP contribution in [0.3, 0.4) is 0 Å². The van der Waals surface area contributed by atoms with Crippen molar-refractivity contribution in [3.05, 3.63) is 39.4 Å². The smallest absolute Gasteiger partial charge is 0.315 e. The zero-order valence-corrected chi connectivity index (χ0v) is 13.1. The van der Waals surface area contributed by atoms with E-state index < -0.39 is 4.92 Å². The van der Waals surface area contributed by atoms with Crippen LogP contribution in [0.15, 0.2) is 18.2 Å². The van der Waals surface area contributed by atoms with Crippen molar-refractivity contribution in [3.63, 3.8) is 0 Å². The third kappa shape index (κ3) is 5.33. The molecule has 0 radical (unpaired) electrons. The van der Waals surface area contributed by atoms with Crippen molar-refractivity contribution in [1.29, 1.82) is 0 Å². The van der Waals surface area contributed by atoms with Crippen LogP contribution in [0.25, 0.3) is 0 Å². The van der Waals surface area contributed by atoms with Gasteiger partial charge in [0.1, 0.15) is 0 Å². The van der Waals surface area contributed by atoms with Gasteiger partial charge in [0.05, 0.1) is 11.0 Å². The second-order valence-corrected chi connectivity index (χ2v) is 5.50. The van der Waals surface area contributed by atoms with Gasteiger partial charge in [-0.2, -0.15) is 0 Å². The van der Waals surface area contributed by atoms with Gasteiger partial charge in [-0.25, -0.2) is 4.79 Å². The summed E-state index contributed by atoms with van der Waals surface area (Å²) >= 11 is 0. The average Bonchev–Trinajstić information content (AvgIpc) is 2.45. The number of aliphatic hydroxyl groups excluding tert-OH is 1. The topological polar surface area (TPSA) is 104 Å². The number of hydrogen-bond acceptors (Lipinski definition) is 4. The summed E-state index contributed by atoms with van der Waals surface area (Å²) in [6.45, 7) is 5.94. The van der Waals surface area contributed by atoms with E-state index in [0.29, 0.717) is 24.1 Å². The van der Waals surface area contributed by atoms with Crippen molar-refractivity contribution >= 4 is 11.7 Å². The first-order valence-corrected chi connectivity index (χ1v) is 7.25. The molecule has 0 aliphatic rings. The lowest BCUT2D eigenvalue weighted by Gasteiger charge is -2.17. The Labute approximate surface area is 129 Å². The third-order valence-electron chi connectivity index (χ3n) is 3.51. The predicted octanol–water partition coefficient (Wildman–Crippen LogP) is 2.28.